The standard InChI is InChI=1S/C35H42Cl2N2O8/c1-19(2)14-28-35(43)45-27(21(4)30-31(47-30)23-10-7-6-8-11-23)12-9-13-29(40)39-26(33(41)38-18-20(3)34(42)46-28)17-22-15-24(36)32(44-5)25(37)16-22/h6-11,13,15-16,19-21,26-28,30-31H,12,14,17-18H2,1-5H3,(H,38,41)(H,39,40)/b13-9+/t20-,21+,26-,27+,28+,30-,31-/m1/s1. The van der Waals surface area contributed by atoms with Gasteiger partial charge < -0.3 is 29.6 Å². The Morgan fingerprint density at radius 1 is 0.979 bits per heavy atom. The second kappa shape index (κ2) is 16.5. The molecule has 12 heteroatoms. The zero-order valence-electron chi connectivity index (χ0n) is 27.2. The predicted molar refractivity (Wildman–Crippen MR) is 177 cm³/mol. The summed E-state index contributed by atoms with van der Waals surface area (Å²) in [6, 6.07) is 11.9. The van der Waals surface area contributed by atoms with E-state index in [2.05, 4.69) is 10.6 Å². The molecule has 2 aliphatic heterocycles. The number of cyclic esters (lactones) is 2. The first kappa shape index (κ1) is 36.2. The predicted octanol–water partition coefficient (Wildman–Crippen LogP) is 5.39. The van der Waals surface area contributed by atoms with Crippen LogP contribution in [0, 0.1) is 17.8 Å². The molecule has 47 heavy (non-hydrogen) atoms. The number of rotatable bonds is 8. The minimum Gasteiger partial charge on any atom is -0.494 e. The molecule has 0 unspecified atom stereocenters. The molecule has 7 atom stereocenters. The van der Waals surface area contributed by atoms with E-state index in [0.29, 0.717) is 11.3 Å². The number of esters is 2. The smallest absolute Gasteiger partial charge is 0.347 e. The third-order valence-electron chi connectivity index (χ3n) is 8.19. The van der Waals surface area contributed by atoms with Crippen molar-refractivity contribution in [3.63, 3.8) is 0 Å². The second-order valence-corrected chi connectivity index (χ2v) is 13.3. The number of hydrogen-bond acceptors (Lipinski definition) is 8. The van der Waals surface area contributed by atoms with Crippen molar-refractivity contribution in [1.29, 1.82) is 0 Å². The van der Waals surface area contributed by atoms with Crippen LogP contribution in [0.25, 0.3) is 0 Å². The first-order chi connectivity index (χ1) is 22.4. The van der Waals surface area contributed by atoms with E-state index in [-0.39, 0.29) is 59.9 Å². The van der Waals surface area contributed by atoms with Crippen LogP contribution in [0.3, 0.4) is 0 Å². The first-order valence-electron chi connectivity index (χ1n) is 15.8. The highest BCUT2D eigenvalue weighted by Crippen LogP contribution is 2.45. The Morgan fingerprint density at radius 2 is 1.66 bits per heavy atom. The molecular weight excluding hydrogens is 647 g/mol. The van der Waals surface area contributed by atoms with E-state index >= 15 is 0 Å². The molecule has 0 radical (unpaired) electrons. The van der Waals surface area contributed by atoms with Gasteiger partial charge in [-0.1, -0.05) is 87.3 Å². The van der Waals surface area contributed by atoms with E-state index in [1.807, 2.05) is 51.1 Å². The lowest BCUT2D eigenvalue weighted by Crippen LogP contribution is -2.49. The zero-order chi connectivity index (χ0) is 34.2. The van der Waals surface area contributed by atoms with Crippen LogP contribution in [0.2, 0.25) is 10.0 Å². The van der Waals surface area contributed by atoms with Gasteiger partial charge in [0.1, 0.15) is 18.2 Å². The minimum absolute atomic E-state index is 0.0235. The monoisotopic (exact) mass is 688 g/mol. The summed E-state index contributed by atoms with van der Waals surface area (Å²) in [6.45, 7) is 7.25. The average molecular weight is 690 g/mol. The summed E-state index contributed by atoms with van der Waals surface area (Å²) >= 11 is 12.6. The molecule has 254 valence electrons. The Morgan fingerprint density at radius 3 is 2.30 bits per heavy atom. The van der Waals surface area contributed by atoms with E-state index in [1.165, 1.54) is 13.2 Å². The van der Waals surface area contributed by atoms with Crippen molar-refractivity contribution in [3.05, 3.63) is 75.8 Å². The van der Waals surface area contributed by atoms with Crippen molar-refractivity contribution in [1.82, 2.24) is 10.6 Å². The third-order valence-corrected chi connectivity index (χ3v) is 8.75. The molecule has 2 aromatic rings. The van der Waals surface area contributed by atoms with Gasteiger partial charge in [0.2, 0.25) is 11.8 Å². The molecule has 1 saturated heterocycles. The Hall–Kier alpha value is -3.60. The van der Waals surface area contributed by atoms with E-state index in [1.54, 1.807) is 25.1 Å². The first-order valence-corrected chi connectivity index (χ1v) is 16.5. The van der Waals surface area contributed by atoms with Gasteiger partial charge in [0.05, 0.1) is 29.2 Å². The van der Waals surface area contributed by atoms with Gasteiger partial charge in [0, 0.05) is 25.3 Å². The quantitative estimate of drug-likeness (QED) is 0.279. The van der Waals surface area contributed by atoms with Gasteiger partial charge in [0.15, 0.2) is 11.9 Å². The van der Waals surface area contributed by atoms with Crippen LogP contribution < -0.4 is 15.4 Å². The fourth-order valence-electron chi connectivity index (χ4n) is 5.48. The molecule has 2 N–H and O–H groups in total. The fourth-order valence-corrected chi connectivity index (χ4v) is 6.16. The molecule has 1 fully saturated rings. The number of nitrogens with one attached hydrogen (secondary N) is 2. The molecule has 0 aliphatic carbocycles. The molecule has 0 spiro atoms. The van der Waals surface area contributed by atoms with E-state index < -0.39 is 47.9 Å². The molecular formula is C35H42Cl2N2O8. The topological polar surface area (TPSA) is 133 Å². The number of hydrogen-bond donors (Lipinski definition) is 2. The van der Waals surface area contributed by atoms with Gasteiger partial charge in [-0.05, 0) is 41.7 Å². The van der Waals surface area contributed by atoms with Gasteiger partial charge in [-0.2, -0.15) is 0 Å². The molecule has 2 aliphatic rings. The normalized spacial score (nSPS) is 27.2. The maximum absolute atomic E-state index is 13.5. The third kappa shape index (κ3) is 9.95. The molecule has 0 bridgehead atoms. The number of carbonyl (C=O) groups is 4. The van der Waals surface area contributed by atoms with Gasteiger partial charge >= 0.3 is 11.9 Å². The summed E-state index contributed by atoms with van der Waals surface area (Å²) in [7, 11) is 1.44. The number of methoxy groups -OCH3 is 1. The van der Waals surface area contributed by atoms with Gasteiger partial charge in [-0.25, -0.2) is 4.79 Å². The van der Waals surface area contributed by atoms with Gasteiger partial charge in [-0.3, -0.25) is 14.4 Å². The summed E-state index contributed by atoms with van der Waals surface area (Å²) < 4.78 is 22.9. The Bertz CT molecular complexity index is 1440. The molecule has 4 rings (SSSR count). The van der Waals surface area contributed by atoms with Crippen molar-refractivity contribution in [3.8, 4) is 5.75 Å². The summed E-state index contributed by atoms with van der Waals surface area (Å²) in [6.07, 6.45) is 1.20. The molecule has 2 heterocycles. The second-order valence-electron chi connectivity index (χ2n) is 12.5. The number of ether oxygens (including phenoxy) is 4. The van der Waals surface area contributed by atoms with E-state index in [9.17, 15) is 19.2 Å². The number of carbonyl (C=O) groups excluding carboxylic acids is 4. The summed E-state index contributed by atoms with van der Waals surface area (Å²) in [5, 5.41) is 5.96. The zero-order valence-corrected chi connectivity index (χ0v) is 28.7. The minimum atomic E-state index is -1.14. The van der Waals surface area contributed by atoms with Crippen LogP contribution >= 0.6 is 23.2 Å². The lowest BCUT2D eigenvalue weighted by atomic mass is 9.93. The van der Waals surface area contributed by atoms with Crippen LogP contribution in [0.5, 0.6) is 5.75 Å². The maximum Gasteiger partial charge on any atom is 0.347 e. The van der Waals surface area contributed by atoms with Crippen LogP contribution in [0.4, 0.5) is 0 Å². The summed E-state index contributed by atoms with van der Waals surface area (Å²) in [5.41, 5.74) is 1.60. The van der Waals surface area contributed by atoms with Gasteiger partial charge in [-0.15, -0.1) is 0 Å². The molecule has 2 amide bonds. The summed E-state index contributed by atoms with van der Waals surface area (Å²) in [5.74, 6) is -3.11. The fraction of sp³-hybridized carbons (Fsp3) is 0.486. The Balaban J connectivity index is 1.59. The molecule has 10 nitrogen and oxygen atoms in total. The largest absolute Gasteiger partial charge is 0.494 e. The van der Waals surface area contributed by atoms with Crippen LogP contribution in [0.1, 0.15) is 57.8 Å². The number of halogens is 2. The van der Waals surface area contributed by atoms with Crippen molar-refractivity contribution < 1.29 is 38.1 Å². The number of epoxide rings is 1. The molecule has 2 aromatic carbocycles. The van der Waals surface area contributed by atoms with Crippen LogP contribution in [-0.4, -0.2) is 61.8 Å². The Kier molecular flexibility index (Phi) is 12.7. The Labute approximate surface area is 285 Å². The van der Waals surface area contributed by atoms with Crippen LogP contribution in [-0.2, 0) is 39.8 Å². The van der Waals surface area contributed by atoms with Crippen LogP contribution in [0.15, 0.2) is 54.6 Å². The van der Waals surface area contributed by atoms with Crippen molar-refractivity contribution in [2.75, 3.05) is 13.7 Å². The number of benzene rings is 2. The SMILES string of the molecule is COc1c(Cl)cc(C[C@H]2NC(=O)/C=C/C[C@@H]([C@H](C)[C@H]3O[C@@H]3c3ccccc3)OC(=O)[C@H](CC(C)C)OC(=O)[C@H](C)CNC2=O)cc1Cl. The summed E-state index contributed by atoms with van der Waals surface area (Å²) in [4.78, 5) is 53.1. The highest BCUT2D eigenvalue weighted by atomic mass is 35.5. The number of amides is 2. The lowest BCUT2D eigenvalue weighted by Gasteiger charge is -2.27. The lowest BCUT2D eigenvalue weighted by molar-refractivity contribution is -0.176. The maximum atomic E-state index is 13.5. The molecule has 0 saturated carbocycles. The van der Waals surface area contributed by atoms with Crippen molar-refractivity contribution in [2.45, 2.75) is 77.4 Å². The molecule has 0 aromatic heterocycles. The van der Waals surface area contributed by atoms with E-state index in [0.717, 1.165) is 5.56 Å². The van der Waals surface area contributed by atoms with Crippen molar-refractivity contribution >= 4 is 47.0 Å². The highest BCUT2D eigenvalue weighted by molar-refractivity contribution is 6.37. The van der Waals surface area contributed by atoms with Crippen molar-refractivity contribution in [2.24, 2.45) is 17.8 Å². The van der Waals surface area contributed by atoms with E-state index in [4.69, 9.17) is 42.1 Å². The average Bonchev–Trinajstić information content (AvgIpc) is 3.83. The van der Waals surface area contributed by atoms with Gasteiger partial charge in [0.25, 0.3) is 0 Å². The highest BCUT2D eigenvalue weighted by Gasteiger charge is 2.47.